The average Bonchev–Trinajstić information content (AvgIpc) is 2.28. The molecule has 1 rings (SSSR count). The number of carbonyl (C=O) groups is 1. The van der Waals surface area contributed by atoms with Crippen molar-refractivity contribution in [3.8, 4) is 0 Å². The topological polar surface area (TPSA) is 49.8 Å². The van der Waals surface area contributed by atoms with Crippen LogP contribution in [0.25, 0.3) is 0 Å². The Morgan fingerprint density at radius 2 is 2.22 bits per heavy atom. The zero-order valence-corrected chi connectivity index (χ0v) is 11.2. The molecule has 1 unspecified atom stereocenters. The summed E-state index contributed by atoms with van der Waals surface area (Å²) in [5, 5.41) is 9.80. The fourth-order valence-corrected chi connectivity index (χ4v) is 1.76. The molecule has 0 heterocycles. The number of rotatable bonds is 6. The van der Waals surface area contributed by atoms with E-state index >= 15 is 0 Å². The number of ether oxygens (including phenoxy) is 1. The molecule has 0 saturated heterocycles. The van der Waals surface area contributed by atoms with E-state index in [2.05, 4.69) is 0 Å². The molecule has 0 aromatic heterocycles. The lowest BCUT2D eigenvalue weighted by atomic mass is 10.2. The fraction of sp³-hybridized carbons (Fsp3) is 0.500. The summed E-state index contributed by atoms with van der Waals surface area (Å²) in [4.78, 5) is 13.2. The summed E-state index contributed by atoms with van der Waals surface area (Å²) in [7, 11) is 1.89. The molecule has 1 N–H and O–H groups in total. The molecule has 0 aliphatic rings. The second kappa shape index (κ2) is 7.01. The normalized spacial score (nSPS) is 12.0. The summed E-state index contributed by atoms with van der Waals surface area (Å²) in [6.45, 7) is 4.52. The molecule has 0 bridgehead atoms. The molecule has 0 aliphatic carbocycles. The summed E-state index contributed by atoms with van der Waals surface area (Å²) in [6.07, 6.45) is -0.682. The number of hydrogen-bond donors (Lipinski definition) is 1. The summed E-state index contributed by atoms with van der Waals surface area (Å²) < 4.78 is 4.80. The zero-order chi connectivity index (χ0) is 13.5. The highest BCUT2D eigenvalue weighted by atomic mass is 16.5. The van der Waals surface area contributed by atoms with E-state index in [1.165, 1.54) is 5.56 Å². The molecule has 1 atom stereocenters. The smallest absolute Gasteiger partial charge is 0.308 e. The third-order valence-corrected chi connectivity index (χ3v) is 2.63. The Morgan fingerprint density at radius 1 is 1.50 bits per heavy atom. The van der Waals surface area contributed by atoms with E-state index in [4.69, 9.17) is 4.74 Å². The highest BCUT2D eigenvalue weighted by molar-refractivity contribution is 5.70. The Balaban J connectivity index is 2.49. The maximum atomic E-state index is 11.2. The molecule has 0 radical (unpaired) electrons. The molecule has 100 valence electrons. The van der Waals surface area contributed by atoms with Crippen molar-refractivity contribution in [1.82, 2.24) is 0 Å². The minimum Gasteiger partial charge on any atom is -0.466 e. The van der Waals surface area contributed by atoms with Crippen LogP contribution in [0.15, 0.2) is 24.3 Å². The molecule has 1 aromatic carbocycles. The van der Waals surface area contributed by atoms with Gasteiger partial charge in [-0.2, -0.15) is 0 Å². The van der Waals surface area contributed by atoms with Crippen LogP contribution in [0.4, 0.5) is 5.69 Å². The number of likely N-dealkylation sites (N-methyl/N-ethyl adjacent to an activating group) is 1. The number of anilines is 1. The van der Waals surface area contributed by atoms with Crippen molar-refractivity contribution in [1.29, 1.82) is 0 Å². The summed E-state index contributed by atoms with van der Waals surface area (Å²) >= 11 is 0. The van der Waals surface area contributed by atoms with E-state index in [-0.39, 0.29) is 12.4 Å². The molecule has 0 spiro atoms. The van der Waals surface area contributed by atoms with Gasteiger partial charge in [0.25, 0.3) is 0 Å². The number of aliphatic hydroxyl groups excluding tert-OH is 1. The second-order valence-electron chi connectivity index (χ2n) is 4.38. The van der Waals surface area contributed by atoms with Gasteiger partial charge < -0.3 is 14.7 Å². The van der Waals surface area contributed by atoms with E-state index in [1.807, 2.05) is 43.1 Å². The lowest BCUT2D eigenvalue weighted by molar-refractivity contribution is -0.145. The van der Waals surface area contributed by atoms with E-state index in [9.17, 15) is 9.90 Å². The van der Waals surface area contributed by atoms with Gasteiger partial charge in [-0.15, -0.1) is 0 Å². The van der Waals surface area contributed by atoms with Crippen LogP contribution < -0.4 is 4.90 Å². The van der Waals surface area contributed by atoms with Crippen molar-refractivity contribution in [2.24, 2.45) is 0 Å². The second-order valence-corrected chi connectivity index (χ2v) is 4.38. The first kappa shape index (κ1) is 14.5. The van der Waals surface area contributed by atoms with E-state index in [0.717, 1.165) is 5.69 Å². The number of nitrogens with zero attached hydrogens (tertiary/aromatic N) is 1. The number of aliphatic hydroxyl groups is 1. The largest absolute Gasteiger partial charge is 0.466 e. The quantitative estimate of drug-likeness (QED) is 0.782. The van der Waals surface area contributed by atoms with Crippen LogP contribution in [0.3, 0.4) is 0 Å². The molecule has 0 saturated carbocycles. The summed E-state index contributed by atoms with van der Waals surface area (Å²) in [5.41, 5.74) is 2.19. The van der Waals surface area contributed by atoms with Crippen molar-refractivity contribution >= 4 is 11.7 Å². The Bertz CT molecular complexity index is 392. The first-order chi connectivity index (χ1) is 8.52. The summed E-state index contributed by atoms with van der Waals surface area (Å²) in [6, 6.07) is 8.01. The zero-order valence-electron chi connectivity index (χ0n) is 11.2. The van der Waals surface area contributed by atoms with E-state index in [0.29, 0.717) is 13.2 Å². The number of benzene rings is 1. The van der Waals surface area contributed by atoms with Crippen molar-refractivity contribution in [3.05, 3.63) is 29.8 Å². The van der Waals surface area contributed by atoms with Gasteiger partial charge in [0.15, 0.2) is 0 Å². The Hall–Kier alpha value is -1.55. The lowest BCUT2D eigenvalue weighted by Crippen LogP contribution is -2.31. The maximum absolute atomic E-state index is 11.2. The van der Waals surface area contributed by atoms with Crippen LogP contribution in [-0.2, 0) is 9.53 Å². The van der Waals surface area contributed by atoms with Gasteiger partial charge in [-0.05, 0) is 31.5 Å². The molecular formula is C14H21NO3. The molecule has 4 heteroatoms. The third kappa shape index (κ3) is 4.75. The first-order valence-corrected chi connectivity index (χ1v) is 6.14. The molecule has 1 aromatic rings. The molecule has 18 heavy (non-hydrogen) atoms. The standard InChI is InChI=1S/C14H21NO3/c1-4-18-14(17)9-13(16)10-15(3)12-7-5-6-11(2)8-12/h5-8,13,16H,4,9-10H2,1-3H3. The Labute approximate surface area is 108 Å². The van der Waals surface area contributed by atoms with Gasteiger partial charge in [-0.1, -0.05) is 12.1 Å². The van der Waals surface area contributed by atoms with Crippen LogP contribution >= 0.6 is 0 Å². The minimum atomic E-state index is -0.713. The molecule has 0 amide bonds. The van der Waals surface area contributed by atoms with Gasteiger partial charge in [-0.3, -0.25) is 4.79 Å². The van der Waals surface area contributed by atoms with Crippen molar-refractivity contribution in [3.63, 3.8) is 0 Å². The SMILES string of the molecule is CCOC(=O)CC(O)CN(C)c1cccc(C)c1. The van der Waals surface area contributed by atoms with Gasteiger partial charge in [0, 0.05) is 19.3 Å². The van der Waals surface area contributed by atoms with Crippen molar-refractivity contribution in [2.45, 2.75) is 26.4 Å². The molecule has 4 nitrogen and oxygen atoms in total. The molecular weight excluding hydrogens is 230 g/mol. The van der Waals surface area contributed by atoms with Gasteiger partial charge in [-0.25, -0.2) is 0 Å². The van der Waals surface area contributed by atoms with Crippen LogP contribution in [0.5, 0.6) is 0 Å². The number of esters is 1. The predicted molar refractivity (Wildman–Crippen MR) is 71.7 cm³/mol. The lowest BCUT2D eigenvalue weighted by Gasteiger charge is -2.22. The van der Waals surface area contributed by atoms with E-state index < -0.39 is 6.10 Å². The van der Waals surface area contributed by atoms with Crippen LogP contribution in [0, 0.1) is 6.92 Å². The van der Waals surface area contributed by atoms with E-state index in [1.54, 1.807) is 6.92 Å². The Morgan fingerprint density at radius 3 is 2.83 bits per heavy atom. The minimum absolute atomic E-state index is 0.0317. The fourth-order valence-electron chi connectivity index (χ4n) is 1.76. The average molecular weight is 251 g/mol. The predicted octanol–water partition coefficient (Wildman–Crippen LogP) is 1.75. The number of carbonyl (C=O) groups excluding carboxylic acids is 1. The van der Waals surface area contributed by atoms with Crippen molar-refractivity contribution < 1.29 is 14.6 Å². The number of hydrogen-bond acceptors (Lipinski definition) is 4. The summed E-state index contributed by atoms with van der Waals surface area (Å²) in [5.74, 6) is -0.359. The highest BCUT2D eigenvalue weighted by Crippen LogP contribution is 2.14. The highest BCUT2D eigenvalue weighted by Gasteiger charge is 2.14. The van der Waals surface area contributed by atoms with Crippen LogP contribution in [0.1, 0.15) is 18.9 Å². The monoisotopic (exact) mass is 251 g/mol. The van der Waals surface area contributed by atoms with Gasteiger partial charge in [0.1, 0.15) is 0 Å². The first-order valence-electron chi connectivity index (χ1n) is 6.14. The van der Waals surface area contributed by atoms with Crippen LogP contribution in [0.2, 0.25) is 0 Å². The van der Waals surface area contributed by atoms with Crippen molar-refractivity contribution in [2.75, 3.05) is 25.1 Å². The van der Waals surface area contributed by atoms with Crippen LogP contribution in [-0.4, -0.2) is 37.4 Å². The van der Waals surface area contributed by atoms with Gasteiger partial charge in [0.2, 0.25) is 0 Å². The molecule has 0 aliphatic heterocycles. The van der Waals surface area contributed by atoms with Gasteiger partial charge in [0.05, 0.1) is 19.1 Å². The molecule has 0 fully saturated rings. The third-order valence-electron chi connectivity index (χ3n) is 2.63. The number of aryl methyl sites for hydroxylation is 1. The van der Waals surface area contributed by atoms with Gasteiger partial charge >= 0.3 is 5.97 Å². The Kier molecular flexibility index (Phi) is 5.65. The maximum Gasteiger partial charge on any atom is 0.308 e.